The highest BCUT2D eigenvalue weighted by Gasteiger charge is 2.33. The molecular formula is C19H26N4O2. The van der Waals surface area contributed by atoms with Crippen LogP contribution in [0.1, 0.15) is 12.5 Å². The zero-order valence-electron chi connectivity index (χ0n) is 14.7. The number of carbonyl (C=O) groups is 2. The van der Waals surface area contributed by atoms with Gasteiger partial charge >= 0.3 is 6.03 Å². The van der Waals surface area contributed by atoms with Gasteiger partial charge in [0.2, 0.25) is 5.91 Å². The van der Waals surface area contributed by atoms with Gasteiger partial charge in [0.1, 0.15) is 0 Å². The minimum atomic E-state index is -0.262. The monoisotopic (exact) mass is 342 g/mol. The summed E-state index contributed by atoms with van der Waals surface area (Å²) in [5.74, 6) is -0.0903. The molecule has 1 N–H and O–H groups in total. The van der Waals surface area contributed by atoms with Crippen molar-refractivity contribution in [2.24, 2.45) is 0 Å². The maximum absolute atomic E-state index is 12.5. The quantitative estimate of drug-likeness (QED) is 0.875. The zero-order valence-corrected chi connectivity index (χ0v) is 14.7. The predicted octanol–water partition coefficient (Wildman–Crippen LogP) is 1.26. The lowest BCUT2D eigenvalue weighted by Crippen LogP contribution is -2.54. The van der Waals surface area contributed by atoms with Crippen LogP contribution in [0.2, 0.25) is 0 Å². The van der Waals surface area contributed by atoms with Gasteiger partial charge in [0.25, 0.3) is 0 Å². The number of carbonyl (C=O) groups excluding carboxylic acids is 2. The molecule has 1 aromatic carbocycles. The number of benzene rings is 1. The number of nitrogens with one attached hydrogen (secondary N) is 1. The first-order valence-electron chi connectivity index (χ1n) is 8.92. The van der Waals surface area contributed by atoms with Crippen molar-refractivity contribution in [2.75, 3.05) is 45.8 Å². The molecule has 0 aromatic heterocycles. The van der Waals surface area contributed by atoms with E-state index in [-0.39, 0.29) is 18.0 Å². The van der Waals surface area contributed by atoms with Gasteiger partial charge in [-0.1, -0.05) is 42.5 Å². The lowest BCUT2D eigenvalue weighted by Gasteiger charge is -2.37. The van der Waals surface area contributed by atoms with Crippen LogP contribution >= 0.6 is 0 Å². The fourth-order valence-corrected chi connectivity index (χ4v) is 3.30. The van der Waals surface area contributed by atoms with Crippen molar-refractivity contribution in [2.45, 2.75) is 13.0 Å². The Bertz CT molecular complexity index is 624. The molecule has 1 atom stereocenters. The van der Waals surface area contributed by atoms with Crippen molar-refractivity contribution in [3.8, 4) is 0 Å². The Labute approximate surface area is 149 Å². The average molecular weight is 342 g/mol. The van der Waals surface area contributed by atoms with E-state index in [1.807, 2.05) is 25.1 Å². The van der Waals surface area contributed by atoms with Gasteiger partial charge in [0.05, 0.1) is 6.04 Å². The van der Waals surface area contributed by atoms with Gasteiger partial charge in [-0.2, -0.15) is 0 Å². The molecule has 2 fully saturated rings. The number of rotatable bonds is 5. The summed E-state index contributed by atoms with van der Waals surface area (Å²) >= 11 is 0. The second-order valence-corrected chi connectivity index (χ2v) is 6.55. The van der Waals surface area contributed by atoms with Crippen LogP contribution in [0.5, 0.6) is 0 Å². The molecule has 2 aliphatic rings. The Morgan fingerprint density at radius 2 is 1.88 bits per heavy atom. The second-order valence-electron chi connectivity index (χ2n) is 6.55. The van der Waals surface area contributed by atoms with E-state index in [4.69, 9.17) is 0 Å². The number of hydrogen-bond acceptors (Lipinski definition) is 4. The van der Waals surface area contributed by atoms with Crippen LogP contribution in [0.15, 0.2) is 36.4 Å². The molecule has 1 aromatic rings. The molecule has 134 valence electrons. The summed E-state index contributed by atoms with van der Waals surface area (Å²) in [5.41, 5.74) is 1.21. The molecule has 0 aliphatic carbocycles. The average Bonchev–Trinajstić information content (AvgIpc) is 3.08. The minimum Gasteiger partial charge on any atom is -0.336 e. The first-order valence-corrected chi connectivity index (χ1v) is 8.92. The third-order valence-electron chi connectivity index (χ3n) is 4.91. The van der Waals surface area contributed by atoms with Gasteiger partial charge in [-0.25, -0.2) is 4.79 Å². The van der Waals surface area contributed by atoms with E-state index in [9.17, 15) is 9.59 Å². The highest BCUT2D eigenvalue weighted by atomic mass is 16.2. The molecule has 0 radical (unpaired) electrons. The van der Waals surface area contributed by atoms with Crippen molar-refractivity contribution in [1.29, 1.82) is 0 Å². The summed E-state index contributed by atoms with van der Waals surface area (Å²) in [6.45, 7) is 7.42. The lowest BCUT2D eigenvalue weighted by atomic mass is 10.2. The normalized spacial score (nSPS) is 20.8. The zero-order chi connectivity index (χ0) is 17.6. The molecule has 0 bridgehead atoms. The Hall–Kier alpha value is -2.18. The Morgan fingerprint density at radius 3 is 2.52 bits per heavy atom. The van der Waals surface area contributed by atoms with E-state index in [0.29, 0.717) is 13.1 Å². The van der Waals surface area contributed by atoms with Crippen LogP contribution in [0, 0.1) is 0 Å². The van der Waals surface area contributed by atoms with Crippen LogP contribution in [-0.4, -0.2) is 78.5 Å². The first kappa shape index (κ1) is 17.6. The fourth-order valence-electron chi connectivity index (χ4n) is 3.30. The Balaban J connectivity index is 1.44. The summed E-state index contributed by atoms with van der Waals surface area (Å²) in [6, 6.07) is 9.78. The molecule has 3 rings (SSSR count). The third kappa shape index (κ3) is 4.46. The number of amides is 3. The molecule has 6 nitrogen and oxygen atoms in total. The van der Waals surface area contributed by atoms with E-state index in [1.54, 1.807) is 0 Å². The van der Waals surface area contributed by atoms with Gasteiger partial charge in [0.15, 0.2) is 0 Å². The maximum atomic E-state index is 12.5. The molecule has 3 amide bonds. The van der Waals surface area contributed by atoms with Crippen molar-refractivity contribution in [3.63, 3.8) is 0 Å². The minimum absolute atomic E-state index is 0.0903. The molecule has 2 heterocycles. The van der Waals surface area contributed by atoms with Crippen LogP contribution in [-0.2, 0) is 4.79 Å². The number of piperazine rings is 1. The summed E-state index contributed by atoms with van der Waals surface area (Å²) < 4.78 is 0. The van der Waals surface area contributed by atoms with Crippen LogP contribution in [0.25, 0.3) is 6.08 Å². The summed E-state index contributed by atoms with van der Waals surface area (Å²) in [4.78, 5) is 30.0. The maximum Gasteiger partial charge on any atom is 0.324 e. The van der Waals surface area contributed by atoms with Gasteiger partial charge in [-0.05, 0) is 12.5 Å². The SMILES string of the molecule is C[C@H](C(=O)N1CCNC1=O)N1CCN(C/C=C/c2ccccc2)CC1. The molecule has 25 heavy (non-hydrogen) atoms. The molecular weight excluding hydrogens is 316 g/mol. The van der Waals surface area contributed by atoms with Crippen molar-refractivity contribution < 1.29 is 9.59 Å². The summed E-state index contributed by atoms with van der Waals surface area (Å²) in [6.07, 6.45) is 4.33. The molecule has 6 heteroatoms. The van der Waals surface area contributed by atoms with Crippen molar-refractivity contribution >= 4 is 18.0 Å². The van der Waals surface area contributed by atoms with E-state index in [2.05, 4.69) is 39.4 Å². The smallest absolute Gasteiger partial charge is 0.324 e. The Kier molecular flexibility index (Phi) is 5.83. The lowest BCUT2D eigenvalue weighted by molar-refractivity contribution is -0.133. The second kappa shape index (κ2) is 8.27. The fraction of sp³-hybridized carbons (Fsp3) is 0.474. The molecule has 0 unspecified atom stereocenters. The number of urea groups is 1. The molecule has 0 spiro atoms. The summed E-state index contributed by atoms with van der Waals surface area (Å²) in [7, 11) is 0. The van der Waals surface area contributed by atoms with Gasteiger partial charge in [-0.3, -0.25) is 19.5 Å². The van der Waals surface area contributed by atoms with Crippen LogP contribution < -0.4 is 5.32 Å². The van der Waals surface area contributed by atoms with Crippen LogP contribution in [0.3, 0.4) is 0 Å². The third-order valence-corrected chi connectivity index (χ3v) is 4.91. The number of hydrogen-bond donors (Lipinski definition) is 1. The van der Waals surface area contributed by atoms with E-state index in [1.165, 1.54) is 10.5 Å². The van der Waals surface area contributed by atoms with Crippen molar-refractivity contribution in [1.82, 2.24) is 20.0 Å². The molecule has 0 saturated carbocycles. The molecule has 2 aliphatic heterocycles. The van der Waals surface area contributed by atoms with E-state index < -0.39 is 0 Å². The van der Waals surface area contributed by atoms with E-state index >= 15 is 0 Å². The van der Waals surface area contributed by atoms with E-state index in [0.717, 1.165) is 32.7 Å². The number of nitrogens with zero attached hydrogens (tertiary/aromatic N) is 3. The largest absolute Gasteiger partial charge is 0.336 e. The van der Waals surface area contributed by atoms with Crippen molar-refractivity contribution in [3.05, 3.63) is 42.0 Å². The van der Waals surface area contributed by atoms with Crippen LogP contribution in [0.4, 0.5) is 4.79 Å². The number of imide groups is 1. The standard InChI is InChI=1S/C19H26N4O2/c1-16(18(24)23-11-9-20-19(23)25)22-14-12-21(13-15-22)10-5-8-17-6-3-2-4-7-17/h2-8,16H,9-15H2,1H3,(H,20,25)/b8-5+/t16-/m1/s1. The molecule has 2 saturated heterocycles. The Morgan fingerprint density at radius 1 is 1.16 bits per heavy atom. The van der Waals surface area contributed by atoms with Gasteiger partial charge in [-0.15, -0.1) is 0 Å². The first-order chi connectivity index (χ1) is 12.1. The van der Waals surface area contributed by atoms with Gasteiger partial charge in [0, 0.05) is 45.8 Å². The predicted molar refractivity (Wildman–Crippen MR) is 98.1 cm³/mol. The summed E-state index contributed by atoms with van der Waals surface area (Å²) in [5, 5.41) is 2.68. The highest BCUT2D eigenvalue weighted by molar-refractivity contribution is 5.98. The highest BCUT2D eigenvalue weighted by Crippen LogP contribution is 2.11. The van der Waals surface area contributed by atoms with Gasteiger partial charge < -0.3 is 5.32 Å². The topological polar surface area (TPSA) is 55.9 Å².